The maximum Gasteiger partial charge on any atom is 0.347 e. The minimum absolute atomic E-state index is 0.0926. The number of carboxylic acids is 1. The number of benzene rings is 1. The van der Waals surface area contributed by atoms with Gasteiger partial charge in [-0.1, -0.05) is 24.3 Å². The third-order valence-corrected chi connectivity index (χ3v) is 5.61. The monoisotopic (exact) mass is 373 g/mol. The van der Waals surface area contributed by atoms with Crippen molar-refractivity contribution in [1.29, 1.82) is 0 Å². The van der Waals surface area contributed by atoms with Gasteiger partial charge in [-0.15, -0.1) is 11.3 Å². The summed E-state index contributed by atoms with van der Waals surface area (Å²) in [7, 11) is 0. The fourth-order valence-electron chi connectivity index (χ4n) is 3.18. The Hall–Kier alpha value is -2.34. The van der Waals surface area contributed by atoms with Crippen molar-refractivity contribution in [3.63, 3.8) is 0 Å². The van der Waals surface area contributed by atoms with Gasteiger partial charge in [0, 0.05) is 13.1 Å². The maximum absolute atomic E-state index is 12.5. The number of ether oxygens (including phenoxy) is 1. The van der Waals surface area contributed by atoms with E-state index < -0.39 is 11.6 Å². The zero-order valence-corrected chi connectivity index (χ0v) is 15.8. The highest BCUT2D eigenvalue weighted by Crippen LogP contribution is 2.36. The average Bonchev–Trinajstić information content (AvgIpc) is 3.16. The van der Waals surface area contributed by atoms with Crippen LogP contribution in [0.2, 0.25) is 0 Å². The number of carbonyl (C=O) groups is 2. The smallest absolute Gasteiger partial charge is 0.347 e. The first-order chi connectivity index (χ1) is 12.4. The fraction of sp³-hybridized carbons (Fsp3) is 0.400. The third-order valence-electron chi connectivity index (χ3n) is 4.75. The molecule has 0 unspecified atom stereocenters. The van der Waals surface area contributed by atoms with Crippen LogP contribution in [0.4, 0.5) is 0 Å². The molecule has 1 saturated heterocycles. The van der Waals surface area contributed by atoms with Crippen LogP contribution in [0.1, 0.15) is 47.8 Å². The molecule has 0 spiro atoms. The SMILES string of the molecule is CC(C)(Oc1ccccc1C1CCN(C(=O)c2cccs2)CC1)C(=O)O. The van der Waals surface area contributed by atoms with Crippen LogP contribution < -0.4 is 4.74 Å². The summed E-state index contributed by atoms with van der Waals surface area (Å²) >= 11 is 1.47. The number of hydrogen-bond donors (Lipinski definition) is 1. The number of carboxylic acid groups (broad SMARTS) is 1. The molecule has 1 N–H and O–H groups in total. The van der Waals surface area contributed by atoms with E-state index in [1.807, 2.05) is 46.7 Å². The normalized spacial score (nSPS) is 15.7. The molecule has 0 atom stereocenters. The molecule has 6 heteroatoms. The van der Waals surface area contributed by atoms with E-state index in [9.17, 15) is 14.7 Å². The van der Waals surface area contributed by atoms with Crippen molar-refractivity contribution < 1.29 is 19.4 Å². The van der Waals surface area contributed by atoms with Crippen LogP contribution in [-0.4, -0.2) is 40.6 Å². The van der Waals surface area contributed by atoms with Crippen LogP contribution in [-0.2, 0) is 4.79 Å². The van der Waals surface area contributed by atoms with E-state index in [2.05, 4.69) is 0 Å². The summed E-state index contributed by atoms with van der Waals surface area (Å²) in [6.07, 6.45) is 1.68. The first-order valence-electron chi connectivity index (χ1n) is 8.72. The lowest BCUT2D eigenvalue weighted by Gasteiger charge is -2.33. The van der Waals surface area contributed by atoms with Gasteiger partial charge in [-0.25, -0.2) is 4.79 Å². The Morgan fingerprint density at radius 3 is 2.46 bits per heavy atom. The average molecular weight is 373 g/mol. The van der Waals surface area contributed by atoms with Crippen LogP contribution in [0, 0.1) is 0 Å². The van der Waals surface area contributed by atoms with Crippen LogP contribution in [0.15, 0.2) is 41.8 Å². The van der Waals surface area contributed by atoms with E-state index in [4.69, 9.17) is 4.74 Å². The molecule has 2 aromatic rings. The lowest BCUT2D eigenvalue weighted by atomic mass is 9.88. The van der Waals surface area contributed by atoms with Gasteiger partial charge in [-0.2, -0.15) is 0 Å². The zero-order chi connectivity index (χ0) is 18.7. The number of likely N-dealkylation sites (tertiary alicyclic amines) is 1. The number of para-hydroxylation sites is 1. The second-order valence-corrected chi connectivity index (χ2v) is 7.95. The molecule has 1 aromatic carbocycles. The van der Waals surface area contributed by atoms with Crippen molar-refractivity contribution in [2.75, 3.05) is 13.1 Å². The molecule has 5 nitrogen and oxygen atoms in total. The number of nitrogens with zero attached hydrogens (tertiary/aromatic N) is 1. The molecule has 1 amide bonds. The number of carbonyl (C=O) groups excluding carboxylic acids is 1. The minimum atomic E-state index is -1.29. The highest BCUT2D eigenvalue weighted by molar-refractivity contribution is 7.12. The Morgan fingerprint density at radius 1 is 1.15 bits per heavy atom. The van der Waals surface area contributed by atoms with Crippen molar-refractivity contribution in [1.82, 2.24) is 4.90 Å². The molecule has 138 valence electrons. The predicted octanol–water partition coefficient (Wildman–Crippen LogP) is 4.01. The van der Waals surface area contributed by atoms with Crippen LogP contribution in [0.5, 0.6) is 5.75 Å². The number of aliphatic carboxylic acids is 1. The second kappa shape index (κ2) is 7.50. The largest absolute Gasteiger partial charge is 0.478 e. The molecular formula is C20H23NO4S. The Bertz CT molecular complexity index is 777. The Labute approximate surface area is 157 Å². The zero-order valence-electron chi connectivity index (χ0n) is 15.0. The molecule has 1 aliphatic rings. The van der Waals surface area contributed by atoms with E-state index in [-0.39, 0.29) is 11.8 Å². The Kier molecular flexibility index (Phi) is 5.32. The van der Waals surface area contributed by atoms with Crippen molar-refractivity contribution in [2.45, 2.75) is 38.2 Å². The van der Waals surface area contributed by atoms with Crippen molar-refractivity contribution >= 4 is 23.2 Å². The van der Waals surface area contributed by atoms with Gasteiger partial charge in [0.2, 0.25) is 0 Å². The summed E-state index contributed by atoms with van der Waals surface area (Å²) in [5.74, 6) is -0.0372. The Balaban J connectivity index is 1.70. The van der Waals surface area contributed by atoms with Crippen LogP contribution in [0.25, 0.3) is 0 Å². The number of thiophene rings is 1. The summed E-state index contributed by atoms with van der Waals surface area (Å²) < 4.78 is 5.80. The quantitative estimate of drug-likeness (QED) is 0.860. The molecule has 1 aromatic heterocycles. The first-order valence-corrected chi connectivity index (χ1v) is 9.60. The number of hydrogen-bond acceptors (Lipinski definition) is 4. The van der Waals surface area contributed by atoms with Gasteiger partial charge < -0.3 is 14.7 Å². The molecule has 0 aliphatic carbocycles. The van der Waals surface area contributed by atoms with Gasteiger partial charge in [0.1, 0.15) is 5.75 Å². The number of piperidine rings is 1. The summed E-state index contributed by atoms with van der Waals surface area (Å²) in [5.41, 5.74) is -0.267. The van der Waals surface area contributed by atoms with Crippen molar-refractivity contribution in [3.05, 3.63) is 52.2 Å². The standard InChI is InChI=1S/C20H23NO4S/c1-20(2,19(23)24)25-16-7-4-3-6-15(16)14-9-11-21(12-10-14)18(22)17-8-5-13-26-17/h3-8,13-14H,9-12H2,1-2H3,(H,23,24). The van der Waals surface area contributed by atoms with Gasteiger partial charge in [0.15, 0.2) is 5.60 Å². The summed E-state index contributed by atoms with van der Waals surface area (Å²) in [6.45, 7) is 4.49. The topological polar surface area (TPSA) is 66.8 Å². The van der Waals surface area contributed by atoms with Crippen LogP contribution >= 0.6 is 11.3 Å². The molecular weight excluding hydrogens is 350 g/mol. The minimum Gasteiger partial charge on any atom is -0.478 e. The lowest BCUT2D eigenvalue weighted by Crippen LogP contribution is -2.39. The summed E-state index contributed by atoms with van der Waals surface area (Å²) in [5, 5.41) is 11.2. The molecule has 0 bridgehead atoms. The van der Waals surface area contributed by atoms with E-state index >= 15 is 0 Å². The van der Waals surface area contributed by atoms with Gasteiger partial charge in [0.05, 0.1) is 4.88 Å². The van der Waals surface area contributed by atoms with Crippen molar-refractivity contribution in [3.8, 4) is 5.75 Å². The molecule has 26 heavy (non-hydrogen) atoms. The molecule has 0 saturated carbocycles. The third kappa shape index (κ3) is 3.90. The summed E-state index contributed by atoms with van der Waals surface area (Å²) in [4.78, 5) is 26.5. The van der Waals surface area contributed by atoms with E-state index in [1.165, 1.54) is 11.3 Å². The van der Waals surface area contributed by atoms with E-state index in [0.717, 1.165) is 23.3 Å². The van der Waals surface area contributed by atoms with E-state index in [1.54, 1.807) is 13.8 Å². The van der Waals surface area contributed by atoms with Crippen LogP contribution in [0.3, 0.4) is 0 Å². The first kappa shape index (κ1) is 18.5. The summed E-state index contributed by atoms with van der Waals surface area (Å²) in [6, 6.07) is 11.4. The van der Waals surface area contributed by atoms with E-state index in [0.29, 0.717) is 18.8 Å². The molecule has 1 aliphatic heterocycles. The van der Waals surface area contributed by atoms with Gasteiger partial charge in [-0.05, 0) is 55.7 Å². The van der Waals surface area contributed by atoms with Gasteiger partial charge in [-0.3, -0.25) is 4.79 Å². The maximum atomic E-state index is 12.5. The highest BCUT2D eigenvalue weighted by Gasteiger charge is 2.32. The predicted molar refractivity (Wildman–Crippen MR) is 101 cm³/mol. The molecule has 0 radical (unpaired) electrons. The molecule has 1 fully saturated rings. The number of amides is 1. The lowest BCUT2D eigenvalue weighted by molar-refractivity contribution is -0.152. The Morgan fingerprint density at radius 2 is 1.85 bits per heavy atom. The fourth-order valence-corrected chi connectivity index (χ4v) is 3.87. The van der Waals surface area contributed by atoms with Crippen molar-refractivity contribution in [2.24, 2.45) is 0 Å². The number of rotatable bonds is 5. The van der Waals surface area contributed by atoms with Gasteiger partial charge in [0.25, 0.3) is 5.91 Å². The van der Waals surface area contributed by atoms with Gasteiger partial charge >= 0.3 is 5.97 Å². The molecule has 3 rings (SSSR count). The second-order valence-electron chi connectivity index (χ2n) is 7.00. The highest BCUT2D eigenvalue weighted by atomic mass is 32.1. The molecule has 2 heterocycles.